The van der Waals surface area contributed by atoms with Crippen molar-refractivity contribution in [1.29, 1.82) is 0 Å². The Bertz CT molecular complexity index is 1060. The van der Waals surface area contributed by atoms with Gasteiger partial charge in [0.2, 0.25) is 0 Å². The van der Waals surface area contributed by atoms with Gasteiger partial charge in [0.05, 0.1) is 6.10 Å². The summed E-state index contributed by atoms with van der Waals surface area (Å²) < 4.78 is 13.6. The van der Waals surface area contributed by atoms with E-state index in [2.05, 4.69) is 106 Å². The maximum Gasteiger partial charge on any atom is 0.261 e. The molecule has 0 aromatic heterocycles. The number of hydrogen-bond donors (Lipinski definition) is 0. The molecule has 1 heterocycles. The molecule has 0 radical (unpaired) electrons. The van der Waals surface area contributed by atoms with Gasteiger partial charge in [0.25, 0.3) is 8.32 Å². The molecule has 0 saturated carbocycles. The number of hydrogen-bond acceptors (Lipinski definition) is 4. The van der Waals surface area contributed by atoms with Gasteiger partial charge in [0.1, 0.15) is 11.7 Å². The number of thioether (sulfide) groups is 1. The third-order valence-corrected chi connectivity index (χ3v) is 13.6. The molecule has 0 bridgehead atoms. The zero-order valence-corrected chi connectivity index (χ0v) is 24.3. The predicted octanol–water partition coefficient (Wildman–Crippen LogP) is 6.70. The van der Waals surface area contributed by atoms with Crippen molar-refractivity contribution in [3.63, 3.8) is 0 Å². The molecule has 0 aliphatic carbocycles. The minimum absolute atomic E-state index is 0.0361. The highest BCUT2D eigenvalue weighted by atomic mass is 32.2. The van der Waals surface area contributed by atoms with Gasteiger partial charge in [-0.2, -0.15) is 0 Å². The van der Waals surface area contributed by atoms with Gasteiger partial charge in [0, 0.05) is 17.4 Å². The molecular formula is C32H40O3SSi. The van der Waals surface area contributed by atoms with E-state index in [1.54, 1.807) is 11.8 Å². The van der Waals surface area contributed by atoms with Gasteiger partial charge in [-0.3, -0.25) is 0 Å². The van der Waals surface area contributed by atoms with Crippen molar-refractivity contribution in [3.8, 4) is 0 Å². The molecule has 3 aromatic carbocycles. The second kappa shape index (κ2) is 12.6. The predicted molar refractivity (Wildman–Crippen MR) is 157 cm³/mol. The van der Waals surface area contributed by atoms with Crippen molar-refractivity contribution < 1.29 is 14.0 Å². The molecule has 1 aliphatic heterocycles. The number of carbonyl (C=O) groups is 1. The molecule has 0 N–H and O–H groups in total. The van der Waals surface area contributed by atoms with Crippen LogP contribution < -0.4 is 10.4 Å². The maximum absolute atomic E-state index is 11.6. The summed E-state index contributed by atoms with van der Waals surface area (Å²) in [6.45, 7) is 9.64. The van der Waals surface area contributed by atoms with Crippen LogP contribution in [-0.2, 0) is 14.0 Å². The van der Waals surface area contributed by atoms with Crippen LogP contribution in [0.3, 0.4) is 0 Å². The SMILES string of the molecule is C[C@H](C=O)[C@H]1C[C@@H](CCO[Si](c2ccccc2)(c2ccccc2)C(C)(C)C)C[C@H](Sc2ccccc2)O1. The standard InChI is InChI=1S/C32H40O3SSi/c1-25(24-33)30-22-26(23-31(35-30)36-27-14-8-5-9-15-27)20-21-34-37(32(2,3)4,28-16-10-6-11-17-28)29-18-12-7-13-19-29/h5-19,24-26,30-31H,20-23H2,1-4H3/t25-,26-,30-,31+/m1/s1. The summed E-state index contributed by atoms with van der Waals surface area (Å²) in [4.78, 5) is 12.8. The fourth-order valence-electron chi connectivity index (χ4n) is 5.53. The lowest BCUT2D eigenvalue weighted by Gasteiger charge is -2.43. The molecule has 3 aromatic rings. The van der Waals surface area contributed by atoms with E-state index >= 15 is 0 Å². The van der Waals surface area contributed by atoms with E-state index in [1.165, 1.54) is 15.3 Å². The van der Waals surface area contributed by atoms with Crippen molar-refractivity contribution in [2.45, 2.75) is 68.4 Å². The minimum Gasteiger partial charge on any atom is -0.407 e. The summed E-state index contributed by atoms with van der Waals surface area (Å²) >= 11 is 1.77. The molecule has 5 heteroatoms. The van der Waals surface area contributed by atoms with Gasteiger partial charge < -0.3 is 14.0 Å². The summed E-state index contributed by atoms with van der Waals surface area (Å²) in [6.07, 6.45) is 3.81. The summed E-state index contributed by atoms with van der Waals surface area (Å²) in [6, 6.07) is 32.1. The first kappa shape index (κ1) is 27.8. The minimum atomic E-state index is -2.55. The number of aldehydes is 1. The summed E-state index contributed by atoms with van der Waals surface area (Å²) in [5.74, 6) is 0.333. The number of benzene rings is 3. The van der Waals surface area contributed by atoms with E-state index in [0.29, 0.717) is 12.5 Å². The first-order chi connectivity index (χ1) is 17.8. The van der Waals surface area contributed by atoms with Crippen LogP contribution in [0.25, 0.3) is 0 Å². The van der Waals surface area contributed by atoms with Crippen molar-refractivity contribution in [1.82, 2.24) is 0 Å². The Balaban J connectivity index is 1.54. The van der Waals surface area contributed by atoms with E-state index in [1.807, 2.05) is 13.0 Å². The van der Waals surface area contributed by atoms with Gasteiger partial charge in [0.15, 0.2) is 0 Å². The fourth-order valence-corrected chi connectivity index (χ4v) is 11.3. The van der Waals surface area contributed by atoms with Gasteiger partial charge in [-0.1, -0.05) is 118 Å². The zero-order chi connectivity index (χ0) is 26.3. The van der Waals surface area contributed by atoms with Gasteiger partial charge >= 0.3 is 0 Å². The Hall–Kier alpha value is -2.18. The van der Waals surface area contributed by atoms with Crippen molar-refractivity contribution in [3.05, 3.63) is 91.0 Å². The second-order valence-electron chi connectivity index (χ2n) is 11.2. The Morgan fingerprint density at radius 2 is 1.46 bits per heavy atom. The molecule has 0 unspecified atom stereocenters. The number of rotatable bonds is 10. The Morgan fingerprint density at radius 3 is 1.97 bits per heavy atom. The lowest BCUT2D eigenvalue weighted by atomic mass is 9.88. The van der Waals surface area contributed by atoms with Gasteiger partial charge in [-0.15, -0.1) is 0 Å². The summed E-state index contributed by atoms with van der Waals surface area (Å²) in [5.41, 5.74) is 0.0430. The first-order valence-electron chi connectivity index (χ1n) is 13.4. The zero-order valence-electron chi connectivity index (χ0n) is 22.5. The second-order valence-corrected chi connectivity index (χ2v) is 16.7. The van der Waals surface area contributed by atoms with E-state index in [9.17, 15) is 4.79 Å². The highest BCUT2D eigenvalue weighted by Crippen LogP contribution is 2.40. The average Bonchev–Trinajstić information content (AvgIpc) is 2.91. The molecule has 1 fully saturated rings. The van der Waals surface area contributed by atoms with E-state index < -0.39 is 8.32 Å². The first-order valence-corrected chi connectivity index (χ1v) is 16.2. The molecular weight excluding hydrogens is 493 g/mol. The Labute approximate surface area is 228 Å². The normalized spacial score (nSPS) is 21.4. The Kier molecular flexibility index (Phi) is 9.46. The average molecular weight is 533 g/mol. The lowest BCUT2D eigenvalue weighted by molar-refractivity contribution is -0.119. The largest absolute Gasteiger partial charge is 0.407 e. The van der Waals surface area contributed by atoms with Crippen LogP contribution in [0.2, 0.25) is 5.04 Å². The molecule has 3 nitrogen and oxygen atoms in total. The van der Waals surface area contributed by atoms with Gasteiger partial charge in [-0.25, -0.2) is 0 Å². The van der Waals surface area contributed by atoms with Gasteiger partial charge in [-0.05, 0) is 52.7 Å². The third kappa shape index (κ3) is 6.64. The highest BCUT2D eigenvalue weighted by molar-refractivity contribution is 7.99. The molecule has 1 aliphatic rings. The maximum atomic E-state index is 11.6. The van der Waals surface area contributed by atoms with Crippen molar-refractivity contribution in [2.24, 2.45) is 11.8 Å². The number of carbonyl (C=O) groups excluding carboxylic acids is 1. The van der Waals surface area contributed by atoms with Crippen LogP contribution in [0.1, 0.15) is 47.0 Å². The van der Waals surface area contributed by atoms with Crippen LogP contribution in [0, 0.1) is 11.8 Å². The number of ether oxygens (including phenoxy) is 1. The van der Waals surface area contributed by atoms with Crippen LogP contribution in [0.4, 0.5) is 0 Å². The molecule has 0 amide bonds. The molecule has 4 rings (SSSR count). The van der Waals surface area contributed by atoms with E-state index in [0.717, 1.165) is 25.5 Å². The lowest BCUT2D eigenvalue weighted by Crippen LogP contribution is -2.66. The van der Waals surface area contributed by atoms with Crippen LogP contribution in [-0.4, -0.2) is 32.8 Å². The molecule has 37 heavy (non-hydrogen) atoms. The molecule has 0 spiro atoms. The highest BCUT2D eigenvalue weighted by Gasteiger charge is 2.50. The molecule has 196 valence electrons. The van der Waals surface area contributed by atoms with Crippen LogP contribution >= 0.6 is 11.8 Å². The van der Waals surface area contributed by atoms with Crippen LogP contribution in [0.15, 0.2) is 95.9 Å². The smallest absolute Gasteiger partial charge is 0.261 e. The monoisotopic (exact) mass is 532 g/mol. The topological polar surface area (TPSA) is 35.5 Å². The van der Waals surface area contributed by atoms with E-state index in [-0.39, 0.29) is 22.5 Å². The Morgan fingerprint density at radius 1 is 0.919 bits per heavy atom. The molecule has 4 atom stereocenters. The van der Waals surface area contributed by atoms with Crippen molar-refractivity contribution >= 4 is 36.7 Å². The quantitative estimate of drug-likeness (QED) is 0.215. The molecule has 1 saturated heterocycles. The van der Waals surface area contributed by atoms with Crippen LogP contribution in [0.5, 0.6) is 0 Å². The third-order valence-electron chi connectivity index (χ3n) is 7.49. The fraction of sp³-hybridized carbons (Fsp3) is 0.406. The summed E-state index contributed by atoms with van der Waals surface area (Å²) in [5, 5.41) is 2.59. The van der Waals surface area contributed by atoms with E-state index in [4.69, 9.17) is 9.16 Å². The van der Waals surface area contributed by atoms with Crippen molar-refractivity contribution in [2.75, 3.05) is 6.61 Å². The summed E-state index contributed by atoms with van der Waals surface area (Å²) in [7, 11) is -2.55.